The fourth-order valence-electron chi connectivity index (χ4n) is 2.43. The first-order valence-corrected chi connectivity index (χ1v) is 8.10. The zero-order valence-corrected chi connectivity index (χ0v) is 12.7. The molecule has 0 aromatic heterocycles. The molecule has 0 unspecified atom stereocenters. The summed E-state index contributed by atoms with van der Waals surface area (Å²) in [6.45, 7) is 4.73. The molecule has 1 aromatic rings. The lowest BCUT2D eigenvalue weighted by atomic mass is 10.2. The van der Waals surface area contributed by atoms with Crippen LogP contribution in [0.3, 0.4) is 0 Å². The summed E-state index contributed by atoms with van der Waals surface area (Å²) in [6, 6.07) is 8.06. The maximum atomic E-state index is 12.5. The molecule has 1 aliphatic heterocycles. The first-order chi connectivity index (χ1) is 9.76. The summed E-state index contributed by atoms with van der Waals surface area (Å²) in [5.41, 5.74) is 1.02. The van der Waals surface area contributed by atoms with Gasteiger partial charge in [-0.25, -0.2) is 0 Å². The number of carbonyl (C=O) groups is 1. The van der Waals surface area contributed by atoms with E-state index in [1.54, 1.807) is 11.8 Å². The summed E-state index contributed by atoms with van der Waals surface area (Å²) in [7, 11) is 0. The van der Waals surface area contributed by atoms with Crippen molar-refractivity contribution in [2.24, 2.45) is 0 Å². The average molecular weight is 294 g/mol. The van der Waals surface area contributed by atoms with Gasteiger partial charge in [-0.15, -0.1) is 11.8 Å². The molecule has 20 heavy (non-hydrogen) atoms. The van der Waals surface area contributed by atoms with Crippen LogP contribution >= 0.6 is 11.8 Å². The van der Waals surface area contributed by atoms with Gasteiger partial charge >= 0.3 is 0 Å². The van der Waals surface area contributed by atoms with E-state index in [-0.39, 0.29) is 12.5 Å². The van der Waals surface area contributed by atoms with Crippen molar-refractivity contribution in [3.8, 4) is 0 Å². The number of anilines is 1. The Morgan fingerprint density at radius 3 is 2.95 bits per heavy atom. The van der Waals surface area contributed by atoms with E-state index < -0.39 is 0 Å². The zero-order chi connectivity index (χ0) is 14.4. The van der Waals surface area contributed by atoms with Gasteiger partial charge in [0.05, 0.1) is 18.8 Å². The van der Waals surface area contributed by atoms with E-state index in [1.807, 2.05) is 28.0 Å². The van der Waals surface area contributed by atoms with E-state index in [2.05, 4.69) is 13.0 Å². The van der Waals surface area contributed by atoms with Crippen molar-refractivity contribution >= 4 is 23.4 Å². The third kappa shape index (κ3) is 3.75. The molecule has 4 nitrogen and oxygen atoms in total. The first kappa shape index (κ1) is 15.4. The van der Waals surface area contributed by atoms with Gasteiger partial charge in [0.25, 0.3) is 0 Å². The topological polar surface area (TPSA) is 43.8 Å². The highest BCUT2D eigenvalue weighted by atomic mass is 32.2. The molecular weight excluding hydrogens is 272 g/mol. The number of fused-ring (bicyclic) bond motifs is 1. The molecule has 0 spiro atoms. The van der Waals surface area contributed by atoms with Crippen LogP contribution in [0.25, 0.3) is 0 Å². The van der Waals surface area contributed by atoms with Crippen LogP contribution in [-0.2, 0) is 4.79 Å². The van der Waals surface area contributed by atoms with Crippen LogP contribution in [-0.4, -0.2) is 54.5 Å². The Balaban J connectivity index is 2.06. The fourth-order valence-corrected chi connectivity index (χ4v) is 3.43. The molecule has 1 amide bonds. The summed E-state index contributed by atoms with van der Waals surface area (Å²) in [5, 5.41) is 9.07. The third-order valence-corrected chi connectivity index (χ3v) is 4.39. The van der Waals surface area contributed by atoms with Gasteiger partial charge in [-0.2, -0.15) is 0 Å². The Hall–Kier alpha value is -1.04. The van der Waals surface area contributed by atoms with Crippen molar-refractivity contribution in [1.29, 1.82) is 0 Å². The molecule has 0 saturated carbocycles. The van der Waals surface area contributed by atoms with Gasteiger partial charge in [0.1, 0.15) is 0 Å². The normalized spacial score (nSPS) is 14.4. The highest BCUT2D eigenvalue weighted by molar-refractivity contribution is 7.99. The zero-order valence-electron chi connectivity index (χ0n) is 11.9. The van der Waals surface area contributed by atoms with Crippen LogP contribution in [0, 0.1) is 0 Å². The molecule has 5 heteroatoms. The van der Waals surface area contributed by atoms with Crippen LogP contribution < -0.4 is 4.90 Å². The number of benzene rings is 1. The number of para-hydroxylation sites is 1. The number of hydrogen-bond acceptors (Lipinski definition) is 4. The first-order valence-electron chi connectivity index (χ1n) is 7.11. The number of aliphatic hydroxyl groups excluding tert-OH is 1. The van der Waals surface area contributed by atoms with Crippen molar-refractivity contribution in [1.82, 2.24) is 4.90 Å². The monoisotopic (exact) mass is 294 g/mol. The molecule has 1 N–H and O–H groups in total. The molecule has 0 atom stereocenters. The fraction of sp³-hybridized carbons (Fsp3) is 0.533. The van der Waals surface area contributed by atoms with E-state index in [1.165, 1.54) is 4.90 Å². The molecule has 110 valence electrons. The number of thioether (sulfide) groups is 1. The van der Waals surface area contributed by atoms with E-state index in [9.17, 15) is 4.79 Å². The van der Waals surface area contributed by atoms with Crippen molar-refractivity contribution < 1.29 is 9.90 Å². The molecule has 2 rings (SSSR count). The van der Waals surface area contributed by atoms with E-state index in [4.69, 9.17) is 5.11 Å². The number of rotatable bonds is 6. The Labute approximate surface area is 124 Å². The summed E-state index contributed by atoms with van der Waals surface area (Å²) in [4.78, 5) is 17.6. The predicted molar refractivity (Wildman–Crippen MR) is 83.3 cm³/mol. The van der Waals surface area contributed by atoms with Gasteiger partial charge in [0, 0.05) is 23.7 Å². The number of carbonyl (C=O) groups excluding carboxylic acids is 1. The summed E-state index contributed by atoms with van der Waals surface area (Å²) < 4.78 is 0. The molecule has 0 radical (unpaired) electrons. The van der Waals surface area contributed by atoms with Gasteiger partial charge in [-0.05, 0) is 25.1 Å². The number of aliphatic hydroxyl groups is 1. The highest BCUT2D eigenvalue weighted by Crippen LogP contribution is 2.34. The quantitative estimate of drug-likeness (QED) is 0.869. The molecule has 1 aromatic carbocycles. The lowest BCUT2D eigenvalue weighted by molar-refractivity contribution is -0.119. The van der Waals surface area contributed by atoms with Crippen LogP contribution in [0.4, 0.5) is 5.69 Å². The average Bonchev–Trinajstić information content (AvgIpc) is 2.47. The van der Waals surface area contributed by atoms with Crippen LogP contribution in [0.1, 0.15) is 13.3 Å². The van der Waals surface area contributed by atoms with Gasteiger partial charge < -0.3 is 10.0 Å². The second-order valence-electron chi connectivity index (χ2n) is 4.86. The van der Waals surface area contributed by atoms with Gasteiger partial charge in [0.2, 0.25) is 5.91 Å². The maximum Gasteiger partial charge on any atom is 0.241 e. The van der Waals surface area contributed by atoms with Crippen LogP contribution in [0.2, 0.25) is 0 Å². The van der Waals surface area contributed by atoms with Crippen LogP contribution in [0.5, 0.6) is 0 Å². The van der Waals surface area contributed by atoms with Crippen molar-refractivity contribution in [2.75, 3.05) is 43.4 Å². The Morgan fingerprint density at radius 2 is 2.20 bits per heavy atom. The lowest BCUT2D eigenvalue weighted by Crippen LogP contribution is -2.43. The van der Waals surface area contributed by atoms with Gasteiger partial charge in [-0.3, -0.25) is 9.69 Å². The number of nitrogens with zero attached hydrogens (tertiary/aromatic N) is 2. The van der Waals surface area contributed by atoms with E-state index in [0.29, 0.717) is 13.1 Å². The van der Waals surface area contributed by atoms with E-state index >= 15 is 0 Å². The molecular formula is C15H22N2O2S. The Kier molecular flexibility index (Phi) is 5.88. The number of hydrogen-bond donors (Lipinski definition) is 1. The smallest absolute Gasteiger partial charge is 0.241 e. The molecule has 0 saturated heterocycles. The SMILES string of the molecule is CCCN(CCO)CC(=O)N1CCSc2ccccc21. The lowest BCUT2D eigenvalue weighted by Gasteiger charge is -2.31. The van der Waals surface area contributed by atoms with Gasteiger partial charge in [0.15, 0.2) is 0 Å². The molecule has 1 heterocycles. The second kappa shape index (κ2) is 7.67. The third-order valence-electron chi connectivity index (χ3n) is 3.34. The maximum absolute atomic E-state index is 12.5. The van der Waals surface area contributed by atoms with Crippen molar-refractivity contribution in [3.63, 3.8) is 0 Å². The minimum absolute atomic E-state index is 0.0969. The molecule has 0 fully saturated rings. The summed E-state index contributed by atoms with van der Waals surface area (Å²) in [5.74, 6) is 1.07. The van der Waals surface area contributed by atoms with Crippen LogP contribution in [0.15, 0.2) is 29.2 Å². The second-order valence-corrected chi connectivity index (χ2v) is 6.00. The molecule has 1 aliphatic rings. The minimum Gasteiger partial charge on any atom is -0.395 e. The Bertz CT molecular complexity index is 447. The predicted octanol–water partition coefficient (Wildman–Crippen LogP) is 1.83. The highest BCUT2D eigenvalue weighted by Gasteiger charge is 2.23. The minimum atomic E-state index is 0.0969. The van der Waals surface area contributed by atoms with Gasteiger partial charge in [-0.1, -0.05) is 19.1 Å². The Morgan fingerprint density at radius 1 is 1.40 bits per heavy atom. The van der Waals surface area contributed by atoms with Crippen molar-refractivity contribution in [3.05, 3.63) is 24.3 Å². The summed E-state index contributed by atoms with van der Waals surface area (Å²) in [6.07, 6.45) is 0.986. The van der Waals surface area contributed by atoms with E-state index in [0.717, 1.165) is 31.0 Å². The molecule has 0 aliphatic carbocycles. The standard InChI is InChI=1S/C15H22N2O2S/c1-2-7-16(8-10-18)12-15(19)17-9-11-20-14-6-4-3-5-13(14)17/h3-6,18H,2,7-12H2,1H3. The molecule has 0 bridgehead atoms. The largest absolute Gasteiger partial charge is 0.395 e. The number of amides is 1. The van der Waals surface area contributed by atoms with Crippen molar-refractivity contribution in [2.45, 2.75) is 18.2 Å². The summed E-state index contributed by atoms with van der Waals surface area (Å²) >= 11 is 1.80.